The fourth-order valence-corrected chi connectivity index (χ4v) is 3.95. The Morgan fingerprint density at radius 1 is 1.06 bits per heavy atom. The first-order valence-electron chi connectivity index (χ1n) is 11.3. The molecule has 0 fully saturated rings. The average molecular weight is 491 g/mol. The van der Waals surface area contributed by atoms with Gasteiger partial charge in [0, 0.05) is 29.5 Å². The number of nitrogens with zero attached hydrogens (tertiary/aromatic N) is 5. The molecule has 180 valence electrons. The van der Waals surface area contributed by atoms with Crippen LogP contribution < -0.4 is 5.32 Å². The molecule has 0 aliphatic carbocycles. The van der Waals surface area contributed by atoms with Crippen LogP contribution in [0.15, 0.2) is 73.1 Å². The third-order valence-corrected chi connectivity index (χ3v) is 5.60. The van der Waals surface area contributed by atoms with Crippen LogP contribution in [0.4, 0.5) is 0 Å². The van der Waals surface area contributed by atoms with E-state index in [0.29, 0.717) is 16.1 Å². The SMILES string of the molecule is CC(C)(C)NC(=O)[C@@H](c1ccc(Cl)cc1)N(Cc1cccnc1)C(=O)Cn1nnc2ccccc21. The number of halogens is 1. The van der Waals surface area contributed by atoms with Gasteiger partial charge in [-0.15, -0.1) is 5.10 Å². The van der Waals surface area contributed by atoms with Gasteiger partial charge in [0.15, 0.2) is 0 Å². The molecule has 2 aromatic carbocycles. The molecule has 1 atom stereocenters. The number of hydrogen-bond acceptors (Lipinski definition) is 5. The molecule has 2 aromatic heterocycles. The van der Waals surface area contributed by atoms with Gasteiger partial charge in [-0.1, -0.05) is 47.1 Å². The van der Waals surface area contributed by atoms with Crippen molar-refractivity contribution in [3.05, 3.63) is 89.2 Å². The van der Waals surface area contributed by atoms with Crippen LogP contribution in [0.3, 0.4) is 0 Å². The molecular weight excluding hydrogens is 464 g/mol. The normalized spacial score (nSPS) is 12.3. The molecular formula is C26H27ClN6O2. The lowest BCUT2D eigenvalue weighted by molar-refractivity contribution is -0.142. The lowest BCUT2D eigenvalue weighted by Gasteiger charge is -2.34. The number of hydrogen-bond donors (Lipinski definition) is 1. The highest BCUT2D eigenvalue weighted by atomic mass is 35.5. The highest BCUT2D eigenvalue weighted by molar-refractivity contribution is 6.30. The molecule has 2 heterocycles. The Morgan fingerprint density at radius 2 is 1.80 bits per heavy atom. The van der Waals surface area contributed by atoms with Crippen molar-refractivity contribution in [1.82, 2.24) is 30.2 Å². The Morgan fingerprint density at radius 3 is 2.49 bits per heavy atom. The molecule has 0 aliphatic heterocycles. The summed E-state index contributed by atoms with van der Waals surface area (Å²) in [6.07, 6.45) is 3.35. The molecule has 0 spiro atoms. The monoisotopic (exact) mass is 490 g/mol. The van der Waals surface area contributed by atoms with Crippen molar-refractivity contribution >= 4 is 34.4 Å². The van der Waals surface area contributed by atoms with Crippen LogP contribution in [0.5, 0.6) is 0 Å². The van der Waals surface area contributed by atoms with Crippen molar-refractivity contribution in [2.75, 3.05) is 0 Å². The van der Waals surface area contributed by atoms with Gasteiger partial charge in [-0.25, -0.2) is 4.68 Å². The quantitative estimate of drug-likeness (QED) is 0.420. The zero-order valence-corrected chi connectivity index (χ0v) is 20.6. The van der Waals surface area contributed by atoms with Crippen molar-refractivity contribution in [1.29, 1.82) is 0 Å². The van der Waals surface area contributed by atoms with Crippen LogP contribution in [-0.2, 0) is 22.7 Å². The van der Waals surface area contributed by atoms with Crippen molar-refractivity contribution in [2.45, 2.75) is 45.4 Å². The molecule has 0 bridgehead atoms. The number of amides is 2. The second kappa shape index (κ2) is 10.2. The zero-order valence-electron chi connectivity index (χ0n) is 19.9. The summed E-state index contributed by atoms with van der Waals surface area (Å²) < 4.78 is 1.55. The number of pyridine rings is 1. The van der Waals surface area contributed by atoms with Crippen molar-refractivity contribution in [2.24, 2.45) is 0 Å². The van der Waals surface area contributed by atoms with E-state index in [1.807, 2.05) is 51.1 Å². The Balaban J connectivity index is 1.75. The molecule has 9 heteroatoms. The second-order valence-electron chi connectivity index (χ2n) is 9.31. The van der Waals surface area contributed by atoms with Gasteiger partial charge in [-0.2, -0.15) is 0 Å². The zero-order chi connectivity index (χ0) is 25.0. The first kappa shape index (κ1) is 24.3. The van der Waals surface area contributed by atoms with Gasteiger partial charge < -0.3 is 10.2 Å². The molecule has 1 N–H and O–H groups in total. The number of benzene rings is 2. The van der Waals surface area contributed by atoms with Gasteiger partial charge in [0.25, 0.3) is 0 Å². The summed E-state index contributed by atoms with van der Waals surface area (Å²) >= 11 is 6.12. The fraction of sp³-hybridized carbons (Fsp3) is 0.269. The Hall–Kier alpha value is -3.78. The maximum atomic E-state index is 13.8. The standard InChI is InChI=1S/C26H27ClN6O2/c1-26(2,3)29-25(35)24(19-10-12-20(27)13-11-19)32(16-18-7-6-14-28-15-18)23(34)17-33-22-9-5-4-8-21(22)30-31-33/h4-15,24H,16-17H2,1-3H3,(H,29,35)/t24-/m1/s1. The summed E-state index contributed by atoms with van der Waals surface area (Å²) in [7, 11) is 0. The van der Waals surface area contributed by atoms with Gasteiger partial charge in [0.2, 0.25) is 11.8 Å². The highest BCUT2D eigenvalue weighted by Gasteiger charge is 2.33. The van der Waals surface area contributed by atoms with Crippen molar-refractivity contribution < 1.29 is 9.59 Å². The minimum Gasteiger partial charge on any atom is -0.349 e. The van der Waals surface area contributed by atoms with E-state index in [2.05, 4.69) is 20.6 Å². The topological polar surface area (TPSA) is 93.0 Å². The third kappa shape index (κ3) is 6.02. The molecule has 8 nitrogen and oxygen atoms in total. The number of carbonyl (C=O) groups excluding carboxylic acids is 2. The van der Waals surface area contributed by atoms with Crippen LogP contribution >= 0.6 is 11.6 Å². The smallest absolute Gasteiger partial charge is 0.247 e. The summed E-state index contributed by atoms with van der Waals surface area (Å²) in [5, 5.41) is 11.9. The first-order chi connectivity index (χ1) is 16.7. The number of nitrogens with one attached hydrogen (secondary N) is 1. The van der Waals surface area contributed by atoms with E-state index in [4.69, 9.17) is 11.6 Å². The molecule has 0 unspecified atom stereocenters. The summed E-state index contributed by atoms with van der Waals surface area (Å²) in [5.41, 5.74) is 2.39. The molecule has 35 heavy (non-hydrogen) atoms. The average Bonchev–Trinajstić information content (AvgIpc) is 3.22. The molecule has 4 rings (SSSR count). The van der Waals surface area contributed by atoms with E-state index in [9.17, 15) is 9.59 Å². The number of fused-ring (bicyclic) bond motifs is 1. The molecule has 0 saturated heterocycles. The van der Waals surface area contributed by atoms with E-state index in [0.717, 1.165) is 11.1 Å². The van der Waals surface area contributed by atoms with Crippen LogP contribution in [0.2, 0.25) is 5.02 Å². The summed E-state index contributed by atoms with van der Waals surface area (Å²) in [6, 6.07) is 17.2. The minimum absolute atomic E-state index is 0.0757. The third-order valence-electron chi connectivity index (χ3n) is 5.35. The lowest BCUT2D eigenvalue weighted by atomic mass is 10.0. The minimum atomic E-state index is -0.894. The van der Waals surface area contributed by atoms with Crippen LogP contribution in [0, 0.1) is 0 Å². The molecule has 0 radical (unpaired) electrons. The number of aromatic nitrogens is 4. The van der Waals surface area contributed by atoms with Gasteiger partial charge in [0.1, 0.15) is 18.1 Å². The van der Waals surface area contributed by atoms with E-state index >= 15 is 0 Å². The first-order valence-corrected chi connectivity index (χ1v) is 11.6. The number of carbonyl (C=O) groups is 2. The highest BCUT2D eigenvalue weighted by Crippen LogP contribution is 2.26. The molecule has 4 aromatic rings. The van der Waals surface area contributed by atoms with Gasteiger partial charge >= 0.3 is 0 Å². The van der Waals surface area contributed by atoms with Gasteiger partial charge in [-0.3, -0.25) is 14.6 Å². The van der Waals surface area contributed by atoms with Crippen LogP contribution in [0.1, 0.15) is 37.9 Å². The molecule has 0 saturated carbocycles. The van der Waals surface area contributed by atoms with Gasteiger partial charge in [-0.05, 0) is 62.2 Å². The number of para-hydroxylation sites is 1. The maximum absolute atomic E-state index is 13.8. The Kier molecular flexibility index (Phi) is 7.12. The molecule has 0 aliphatic rings. The van der Waals surface area contributed by atoms with Crippen LogP contribution in [0.25, 0.3) is 11.0 Å². The molecule has 2 amide bonds. The predicted molar refractivity (Wildman–Crippen MR) is 134 cm³/mol. The lowest BCUT2D eigenvalue weighted by Crippen LogP contribution is -2.49. The summed E-state index contributed by atoms with van der Waals surface area (Å²) in [4.78, 5) is 33.2. The van der Waals surface area contributed by atoms with E-state index in [-0.39, 0.29) is 24.9 Å². The predicted octanol–water partition coefficient (Wildman–Crippen LogP) is 4.16. The summed E-state index contributed by atoms with van der Waals surface area (Å²) in [5.74, 6) is -0.575. The van der Waals surface area contributed by atoms with E-state index in [1.165, 1.54) is 0 Å². The Labute approximate surface area is 208 Å². The summed E-state index contributed by atoms with van der Waals surface area (Å²) in [6.45, 7) is 5.81. The van der Waals surface area contributed by atoms with Crippen molar-refractivity contribution in [3.8, 4) is 0 Å². The van der Waals surface area contributed by atoms with Gasteiger partial charge in [0.05, 0.1) is 5.52 Å². The Bertz CT molecular complexity index is 1320. The fourth-order valence-electron chi connectivity index (χ4n) is 3.82. The number of rotatable bonds is 7. The second-order valence-corrected chi connectivity index (χ2v) is 9.75. The maximum Gasteiger partial charge on any atom is 0.247 e. The van der Waals surface area contributed by atoms with Crippen molar-refractivity contribution in [3.63, 3.8) is 0 Å². The van der Waals surface area contributed by atoms with E-state index < -0.39 is 11.6 Å². The largest absolute Gasteiger partial charge is 0.349 e. The van der Waals surface area contributed by atoms with Crippen LogP contribution in [-0.4, -0.2) is 42.2 Å². The van der Waals surface area contributed by atoms with E-state index in [1.54, 1.807) is 52.3 Å².